The van der Waals surface area contributed by atoms with Gasteiger partial charge in [0, 0.05) is 12.1 Å². The largest absolute Gasteiger partial charge is 0.457 e. The topological polar surface area (TPSA) is 152 Å². The van der Waals surface area contributed by atoms with E-state index >= 15 is 0 Å². The fraction of sp³-hybridized carbons (Fsp3) is 0.0714. The Hall–Kier alpha value is -3.89. The zero-order valence-corrected chi connectivity index (χ0v) is 12.3. The standard InChI is InChI=1S/C14H8N4O7/c19-14(24-7-8-1-3-9(4-2-8)17(20)21)10-5-6-11-12(16-25-15-11)13(10)18(22)23/h1-6H,7H2. The molecule has 0 radical (unpaired) electrons. The van der Waals surface area contributed by atoms with Crippen molar-refractivity contribution in [1.29, 1.82) is 0 Å². The van der Waals surface area contributed by atoms with Crippen molar-refractivity contribution in [2.45, 2.75) is 6.61 Å². The lowest BCUT2D eigenvalue weighted by molar-refractivity contribution is -0.384. The van der Waals surface area contributed by atoms with Crippen LogP contribution in [0.1, 0.15) is 15.9 Å². The maximum atomic E-state index is 12.2. The molecule has 126 valence electrons. The summed E-state index contributed by atoms with van der Waals surface area (Å²) < 4.78 is 9.48. The van der Waals surface area contributed by atoms with Crippen LogP contribution in [0.15, 0.2) is 41.0 Å². The van der Waals surface area contributed by atoms with Gasteiger partial charge >= 0.3 is 11.7 Å². The van der Waals surface area contributed by atoms with Gasteiger partial charge in [-0.05, 0) is 40.1 Å². The maximum absolute atomic E-state index is 12.2. The number of rotatable bonds is 5. The average molecular weight is 344 g/mol. The molecule has 0 N–H and O–H groups in total. The summed E-state index contributed by atoms with van der Waals surface area (Å²) >= 11 is 0. The number of nitro benzene ring substituents is 2. The normalized spacial score (nSPS) is 10.6. The first-order chi connectivity index (χ1) is 12.0. The van der Waals surface area contributed by atoms with E-state index in [1.165, 1.54) is 36.4 Å². The molecule has 0 bridgehead atoms. The molecule has 0 aliphatic carbocycles. The number of fused-ring (bicyclic) bond motifs is 1. The lowest BCUT2D eigenvalue weighted by Crippen LogP contribution is -2.08. The van der Waals surface area contributed by atoms with Gasteiger partial charge in [0.15, 0.2) is 0 Å². The van der Waals surface area contributed by atoms with Gasteiger partial charge in [-0.2, -0.15) is 0 Å². The first kappa shape index (κ1) is 16.0. The summed E-state index contributed by atoms with van der Waals surface area (Å²) in [6, 6.07) is 7.91. The first-order valence-corrected chi connectivity index (χ1v) is 6.77. The van der Waals surface area contributed by atoms with Gasteiger partial charge in [-0.15, -0.1) is 0 Å². The Kier molecular flexibility index (Phi) is 4.04. The molecule has 0 spiro atoms. The molecule has 0 saturated heterocycles. The lowest BCUT2D eigenvalue weighted by atomic mass is 10.1. The van der Waals surface area contributed by atoms with Crippen LogP contribution in [-0.4, -0.2) is 26.1 Å². The van der Waals surface area contributed by atoms with E-state index in [1.54, 1.807) is 0 Å². The number of non-ortho nitro benzene ring substituents is 1. The Labute approximate surface area is 138 Å². The van der Waals surface area contributed by atoms with Crippen LogP contribution >= 0.6 is 0 Å². The van der Waals surface area contributed by atoms with Crippen LogP contribution in [0.5, 0.6) is 0 Å². The third kappa shape index (κ3) is 3.10. The molecule has 0 aliphatic heterocycles. The number of aromatic nitrogens is 2. The van der Waals surface area contributed by atoms with Crippen molar-refractivity contribution in [3.8, 4) is 0 Å². The molecule has 11 nitrogen and oxygen atoms in total. The molecule has 0 fully saturated rings. The van der Waals surface area contributed by atoms with E-state index in [0.717, 1.165) is 0 Å². The molecule has 0 atom stereocenters. The summed E-state index contributed by atoms with van der Waals surface area (Å²) in [5.74, 6) is -0.935. The zero-order valence-electron chi connectivity index (χ0n) is 12.3. The predicted octanol–water partition coefficient (Wildman–Crippen LogP) is 2.40. The molecule has 0 amide bonds. The summed E-state index contributed by atoms with van der Waals surface area (Å²) in [6.45, 7) is -0.205. The number of nitrogens with zero attached hydrogens (tertiary/aromatic N) is 4. The van der Waals surface area contributed by atoms with Gasteiger partial charge < -0.3 is 4.74 Å². The van der Waals surface area contributed by atoms with E-state index in [0.29, 0.717) is 5.56 Å². The van der Waals surface area contributed by atoms with E-state index < -0.39 is 21.5 Å². The van der Waals surface area contributed by atoms with Crippen molar-refractivity contribution in [2.75, 3.05) is 0 Å². The van der Waals surface area contributed by atoms with Crippen molar-refractivity contribution in [3.63, 3.8) is 0 Å². The Morgan fingerprint density at radius 3 is 2.40 bits per heavy atom. The second-order valence-corrected chi connectivity index (χ2v) is 4.85. The lowest BCUT2D eigenvalue weighted by Gasteiger charge is -2.05. The Balaban J connectivity index is 1.81. The minimum Gasteiger partial charge on any atom is -0.457 e. The number of hydrogen-bond donors (Lipinski definition) is 0. The number of carbonyl (C=O) groups is 1. The van der Waals surface area contributed by atoms with Gasteiger partial charge in [0.25, 0.3) is 5.69 Å². The second-order valence-electron chi connectivity index (χ2n) is 4.85. The average Bonchev–Trinajstić information content (AvgIpc) is 3.07. The number of hydrogen-bond acceptors (Lipinski definition) is 9. The number of benzene rings is 2. The van der Waals surface area contributed by atoms with Crippen molar-refractivity contribution >= 4 is 28.4 Å². The molecular weight excluding hydrogens is 336 g/mol. The van der Waals surface area contributed by atoms with Crippen molar-refractivity contribution in [1.82, 2.24) is 10.3 Å². The highest BCUT2D eigenvalue weighted by molar-refractivity contribution is 6.01. The van der Waals surface area contributed by atoms with Crippen molar-refractivity contribution in [2.24, 2.45) is 0 Å². The molecular formula is C14H8N4O7. The van der Waals surface area contributed by atoms with Crippen LogP contribution in [0.2, 0.25) is 0 Å². The number of esters is 1. The molecule has 25 heavy (non-hydrogen) atoms. The molecule has 3 rings (SSSR count). The molecule has 11 heteroatoms. The Morgan fingerprint density at radius 1 is 1.04 bits per heavy atom. The monoisotopic (exact) mass is 344 g/mol. The summed E-state index contributed by atoms with van der Waals surface area (Å²) in [7, 11) is 0. The summed E-state index contributed by atoms with van der Waals surface area (Å²) in [5.41, 5.74) is -0.489. The second kappa shape index (κ2) is 6.31. The summed E-state index contributed by atoms with van der Waals surface area (Å²) in [5, 5.41) is 28.7. The van der Waals surface area contributed by atoms with Gasteiger partial charge in [0.1, 0.15) is 17.7 Å². The summed E-state index contributed by atoms with van der Waals surface area (Å²) in [6.07, 6.45) is 0. The third-order valence-electron chi connectivity index (χ3n) is 3.32. The first-order valence-electron chi connectivity index (χ1n) is 6.77. The smallest absolute Gasteiger partial charge is 0.345 e. The molecule has 0 aliphatic rings. The number of nitro groups is 2. The third-order valence-corrected chi connectivity index (χ3v) is 3.32. The Bertz CT molecular complexity index is 981. The molecule has 1 heterocycles. The van der Waals surface area contributed by atoms with Crippen molar-refractivity contribution < 1.29 is 24.0 Å². The van der Waals surface area contributed by atoms with Crippen LogP contribution in [0.25, 0.3) is 11.0 Å². The van der Waals surface area contributed by atoms with Gasteiger partial charge in [-0.3, -0.25) is 20.2 Å². The van der Waals surface area contributed by atoms with Gasteiger partial charge in [0.2, 0.25) is 5.52 Å². The highest BCUT2D eigenvalue weighted by Gasteiger charge is 2.27. The van der Waals surface area contributed by atoms with Crippen LogP contribution < -0.4 is 0 Å². The highest BCUT2D eigenvalue weighted by atomic mass is 16.6. The van der Waals surface area contributed by atoms with E-state index in [9.17, 15) is 25.0 Å². The van der Waals surface area contributed by atoms with Crippen LogP contribution in [0.4, 0.5) is 11.4 Å². The number of carbonyl (C=O) groups excluding carboxylic acids is 1. The molecule has 0 saturated carbocycles. The van der Waals surface area contributed by atoms with Gasteiger partial charge in [-0.1, -0.05) is 0 Å². The molecule has 2 aromatic carbocycles. The quantitative estimate of drug-likeness (QED) is 0.385. The Morgan fingerprint density at radius 2 is 1.76 bits per heavy atom. The molecule has 3 aromatic rings. The summed E-state index contributed by atoms with van der Waals surface area (Å²) in [4.78, 5) is 32.7. The van der Waals surface area contributed by atoms with E-state index in [2.05, 4.69) is 14.9 Å². The van der Waals surface area contributed by atoms with E-state index in [-0.39, 0.29) is 28.9 Å². The minimum atomic E-state index is -0.935. The zero-order chi connectivity index (χ0) is 18.0. The van der Waals surface area contributed by atoms with Gasteiger partial charge in [-0.25, -0.2) is 9.42 Å². The SMILES string of the molecule is O=C(OCc1ccc([N+](=O)[O-])cc1)c1ccc2nonc2c1[N+](=O)[O-]. The van der Waals surface area contributed by atoms with Gasteiger partial charge in [0.05, 0.1) is 9.85 Å². The highest BCUT2D eigenvalue weighted by Crippen LogP contribution is 2.28. The van der Waals surface area contributed by atoms with Crippen LogP contribution in [0.3, 0.4) is 0 Å². The molecule has 0 unspecified atom stereocenters. The minimum absolute atomic E-state index is 0.102. The van der Waals surface area contributed by atoms with E-state index in [1.807, 2.05) is 0 Å². The predicted molar refractivity (Wildman–Crippen MR) is 80.7 cm³/mol. The molecule has 1 aromatic heterocycles. The fourth-order valence-electron chi connectivity index (χ4n) is 2.13. The van der Waals surface area contributed by atoms with E-state index in [4.69, 9.17) is 4.74 Å². The van der Waals surface area contributed by atoms with Crippen LogP contribution in [-0.2, 0) is 11.3 Å². The maximum Gasteiger partial charge on any atom is 0.345 e. The number of ether oxygens (including phenoxy) is 1. The van der Waals surface area contributed by atoms with Crippen molar-refractivity contribution in [3.05, 3.63) is 67.8 Å². The van der Waals surface area contributed by atoms with Crippen LogP contribution in [0, 0.1) is 20.2 Å². The fourth-order valence-corrected chi connectivity index (χ4v) is 2.13.